The Morgan fingerprint density at radius 1 is 1.36 bits per heavy atom. The maximum atomic E-state index is 12.3. The molecule has 1 aliphatic rings. The number of aryl methyl sites for hydroxylation is 1. The van der Waals surface area contributed by atoms with E-state index in [-0.39, 0.29) is 24.3 Å². The Balaban J connectivity index is 2.05. The number of ether oxygens (including phenoxy) is 2. The molecule has 148 valence electrons. The SMILES string of the molecule is CCOC(=O)C1=Cc2c(Cl)nc(N)nc2N(Cc2ncc(C)c(OC)c2C)C1. The van der Waals surface area contributed by atoms with Crippen LogP contribution in [0.5, 0.6) is 5.75 Å². The summed E-state index contributed by atoms with van der Waals surface area (Å²) in [7, 11) is 1.63. The van der Waals surface area contributed by atoms with Gasteiger partial charge in [-0.2, -0.15) is 4.98 Å². The van der Waals surface area contributed by atoms with Gasteiger partial charge in [-0.3, -0.25) is 4.98 Å². The van der Waals surface area contributed by atoms with E-state index >= 15 is 0 Å². The first kappa shape index (κ1) is 19.9. The zero-order chi connectivity index (χ0) is 20.4. The predicted molar refractivity (Wildman–Crippen MR) is 107 cm³/mol. The largest absolute Gasteiger partial charge is 0.496 e. The van der Waals surface area contributed by atoms with Crippen LogP contribution in [0, 0.1) is 13.8 Å². The van der Waals surface area contributed by atoms with Gasteiger partial charge in [0.1, 0.15) is 16.7 Å². The van der Waals surface area contributed by atoms with Crippen LogP contribution in [0.4, 0.5) is 11.8 Å². The molecule has 0 aliphatic carbocycles. The fourth-order valence-corrected chi connectivity index (χ4v) is 3.43. The van der Waals surface area contributed by atoms with Crippen molar-refractivity contribution in [2.75, 3.05) is 30.9 Å². The molecule has 0 bridgehead atoms. The summed E-state index contributed by atoms with van der Waals surface area (Å²) in [6.07, 6.45) is 3.41. The molecule has 2 aromatic heterocycles. The number of rotatable bonds is 5. The number of fused-ring (bicyclic) bond motifs is 1. The lowest BCUT2D eigenvalue weighted by Gasteiger charge is -2.30. The van der Waals surface area contributed by atoms with Crippen LogP contribution in [-0.4, -0.2) is 41.2 Å². The Labute approximate surface area is 168 Å². The molecule has 2 aromatic rings. The van der Waals surface area contributed by atoms with Crippen molar-refractivity contribution < 1.29 is 14.3 Å². The number of nitrogen functional groups attached to an aromatic ring is 1. The first-order chi connectivity index (χ1) is 13.3. The van der Waals surface area contributed by atoms with Crippen LogP contribution in [0.2, 0.25) is 5.15 Å². The Kier molecular flexibility index (Phi) is 5.69. The second-order valence-electron chi connectivity index (χ2n) is 6.40. The first-order valence-corrected chi connectivity index (χ1v) is 9.18. The van der Waals surface area contributed by atoms with E-state index in [1.165, 1.54) is 0 Å². The van der Waals surface area contributed by atoms with Crippen LogP contribution in [0.25, 0.3) is 6.08 Å². The summed E-state index contributed by atoms with van der Waals surface area (Å²) in [5.74, 6) is 0.986. The van der Waals surface area contributed by atoms with E-state index < -0.39 is 5.97 Å². The minimum Gasteiger partial charge on any atom is -0.496 e. The molecule has 0 aromatic carbocycles. The van der Waals surface area contributed by atoms with E-state index in [1.807, 2.05) is 18.7 Å². The van der Waals surface area contributed by atoms with Crippen LogP contribution in [-0.2, 0) is 16.1 Å². The maximum absolute atomic E-state index is 12.3. The number of hydrogen-bond acceptors (Lipinski definition) is 8. The zero-order valence-corrected chi connectivity index (χ0v) is 17.0. The van der Waals surface area contributed by atoms with Gasteiger partial charge in [0.15, 0.2) is 0 Å². The second-order valence-corrected chi connectivity index (χ2v) is 6.76. The molecule has 0 atom stereocenters. The number of hydrogen-bond donors (Lipinski definition) is 1. The molecule has 1 aliphatic heterocycles. The summed E-state index contributed by atoms with van der Waals surface area (Å²) in [5, 5.41) is 0.181. The molecule has 0 amide bonds. The van der Waals surface area contributed by atoms with E-state index in [4.69, 9.17) is 26.8 Å². The molecule has 0 radical (unpaired) electrons. The van der Waals surface area contributed by atoms with Crippen molar-refractivity contribution in [3.8, 4) is 5.75 Å². The average Bonchev–Trinajstić information content (AvgIpc) is 2.65. The van der Waals surface area contributed by atoms with Crippen molar-refractivity contribution >= 4 is 35.4 Å². The number of nitrogens with zero attached hydrogens (tertiary/aromatic N) is 4. The number of carbonyl (C=O) groups is 1. The predicted octanol–water partition coefficient (Wildman–Crippen LogP) is 2.70. The monoisotopic (exact) mass is 403 g/mol. The molecule has 3 heterocycles. The molecule has 0 unspecified atom stereocenters. The van der Waals surface area contributed by atoms with E-state index in [0.29, 0.717) is 23.5 Å². The van der Waals surface area contributed by atoms with Gasteiger partial charge >= 0.3 is 5.97 Å². The van der Waals surface area contributed by atoms with Crippen LogP contribution in [0.15, 0.2) is 11.8 Å². The quantitative estimate of drug-likeness (QED) is 0.600. The zero-order valence-electron chi connectivity index (χ0n) is 16.2. The van der Waals surface area contributed by atoms with Crippen LogP contribution in [0.1, 0.15) is 29.3 Å². The molecule has 0 spiro atoms. The molecule has 2 N–H and O–H groups in total. The number of nitrogens with two attached hydrogens (primary N) is 1. The first-order valence-electron chi connectivity index (χ1n) is 8.80. The van der Waals surface area contributed by atoms with Gasteiger partial charge in [-0.1, -0.05) is 11.6 Å². The van der Waals surface area contributed by atoms with Crippen molar-refractivity contribution in [1.82, 2.24) is 15.0 Å². The lowest BCUT2D eigenvalue weighted by Crippen LogP contribution is -2.33. The van der Waals surface area contributed by atoms with Gasteiger partial charge in [-0.05, 0) is 26.8 Å². The lowest BCUT2D eigenvalue weighted by atomic mass is 10.1. The van der Waals surface area contributed by atoms with Gasteiger partial charge in [0.25, 0.3) is 0 Å². The fraction of sp³-hybridized carbons (Fsp3) is 0.368. The highest BCUT2D eigenvalue weighted by atomic mass is 35.5. The van der Waals surface area contributed by atoms with Crippen molar-refractivity contribution in [3.05, 3.63) is 39.3 Å². The lowest BCUT2D eigenvalue weighted by molar-refractivity contribution is -0.138. The number of halogens is 1. The molecule has 8 nitrogen and oxygen atoms in total. The highest BCUT2D eigenvalue weighted by Gasteiger charge is 2.28. The van der Waals surface area contributed by atoms with E-state index in [0.717, 1.165) is 22.6 Å². The number of carbonyl (C=O) groups excluding carboxylic acids is 1. The van der Waals surface area contributed by atoms with Gasteiger partial charge in [0.05, 0.1) is 43.6 Å². The van der Waals surface area contributed by atoms with Gasteiger partial charge in [-0.15, -0.1) is 0 Å². The summed E-state index contributed by atoms with van der Waals surface area (Å²) in [6.45, 7) is 6.60. The van der Waals surface area contributed by atoms with Crippen LogP contribution in [0.3, 0.4) is 0 Å². The third-order valence-corrected chi connectivity index (χ3v) is 4.79. The Morgan fingerprint density at radius 2 is 2.11 bits per heavy atom. The van der Waals surface area contributed by atoms with E-state index in [1.54, 1.807) is 26.3 Å². The number of anilines is 2. The van der Waals surface area contributed by atoms with E-state index in [9.17, 15) is 4.79 Å². The topological polar surface area (TPSA) is 103 Å². The summed E-state index contributed by atoms with van der Waals surface area (Å²) >= 11 is 6.27. The van der Waals surface area contributed by atoms with Gasteiger partial charge < -0.3 is 20.1 Å². The number of methoxy groups -OCH3 is 1. The molecule has 0 saturated carbocycles. The van der Waals surface area contributed by atoms with Gasteiger partial charge in [0, 0.05) is 17.3 Å². The normalized spacial score (nSPS) is 13.0. The molecular formula is C19H22ClN5O3. The number of pyridine rings is 1. The third-order valence-electron chi connectivity index (χ3n) is 4.50. The fourth-order valence-electron chi connectivity index (χ4n) is 3.20. The molecule has 0 fully saturated rings. The number of aromatic nitrogens is 3. The standard InChI is InChI=1S/C19H22ClN5O3/c1-5-28-18(26)12-6-13-16(20)23-19(21)24-17(13)25(8-12)9-14-11(3)15(27-4)10(2)7-22-14/h6-7H,5,8-9H2,1-4H3,(H2,21,23,24). The maximum Gasteiger partial charge on any atom is 0.335 e. The Hall–Kier alpha value is -2.87. The second kappa shape index (κ2) is 8.02. The average molecular weight is 404 g/mol. The van der Waals surface area contributed by atoms with Crippen molar-refractivity contribution in [1.29, 1.82) is 0 Å². The minimum atomic E-state index is -0.405. The number of esters is 1. The molecule has 0 saturated heterocycles. The third kappa shape index (κ3) is 3.73. The van der Waals surface area contributed by atoms with Crippen molar-refractivity contribution in [2.45, 2.75) is 27.3 Å². The Bertz CT molecular complexity index is 961. The van der Waals surface area contributed by atoms with Crippen molar-refractivity contribution in [3.63, 3.8) is 0 Å². The highest BCUT2D eigenvalue weighted by Crippen LogP contribution is 2.34. The van der Waals surface area contributed by atoms with Gasteiger partial charge in [-0.25, -0.2) is 9.78 Å². The van der Waals surface area contributed by atoms with Crippen LogP contribution < -0.4 is 15.4 Å². The smallest absolute Gasteiger partial charge is 0.335 e. The highest BCUT2D eigenvalue weighted by molar-refractivity contribution is 6.31. The molecule has 3 rings (SSSR count). The van der Waals surface area contributed by atoms with Gasteiger partial charge in [0.2, 0.25) is 5.95 Å². The Morgan fingerprint density at radius 3 is 2.79 bits per heavy atom. The van der Waals surface area contributed by atoms with Crippen LogP contribution >= 0.6 is 11.6 Å². The molecule has 28 heavy (non-hydrogen) atoms. The minimum absolute atomic E-state index is 0.0629. The summed E-state index contributed by atoms with van der Waals surface area (Å²) in [4.78, 5) is 27.1. The summed E-state index contributed by atoms with van der Waals surface area (Å²) in [6, 6.07) is 0. The van der Waals surface area contributed by atoms with E-state index in [2.05, 4.69) is 15.0 Å². The van der Waals surface area contributed by atoms with Crippen molar-refractivity contribution in [2.24, 2.45) is 0 Å². The summed E-state index contributed by atoms with van der Waals surface area (Å²) < 4.78 is 10.7. The molecule has 9 heteroatoms. The molecular weight excluding hydrogens is 382 g/mol. The summed E-state index contributed by atoms with van der Waals surface area (Å²) in [5.41, 5.74) is 9.45.